The predicted molar refractivity (Wildman–Crippen MR) is 77.9 cm³/mol. The second-order valence-electron chi connectivity index (χ2n) is 4.27. The van der Waals surface area contributed by atoms with Crippen molar-refractivity contribution in [3.63, 3.8) is 0 Å². The second-order valence-corrected chi connectivity index (χ2v) is 4.27. The Bertz CT molecular complexity index is 486. The molecule has 0 bridgehead atoms. The van der Waals surface area contributed by atoms with Crippen molar-refractivity contribution in [2.75, 3.05) is 19.6 Å². The van der Waals surface area contributed by atoms with E-state index in [0.29, 0.717) is 31.6 Å². The van der Waals surface area contributed by atoms with Gasteiger partial charge in [0.2, 0.25) is 0 Å². The van der Waals surface area contributed by atoms with E-state index in [1.807, 2.05) is 6.92 Å². The molecule has 5 heteroatoms. The van der Waals surface area contributed by atoms with E-state index in [1.165, 1.54) is 0 Å². The standard InChI is InChI=1S/C15H20N2O3/c1-3-11-17(4-2)15(20)16-10-9-12-7-5-6-8-13(12)14(18)19/h3,5-8H,1,4,9-11H2,2H3,(H,16,20)(H,18,19). The topological polar surface area (TPSA) is 69.6 Å². The van der Waals surface area contributed by atoms with Gasteiger partial charge in [0.25, 0.3) is 0 Å². The van der Waals surface area contributed by atoms with Crippen molar-refractivity contribution in [3.8, 4) is 0 Å². The Morgan fingerprint density at radius 3 is 2.70 bits per heavy atom. The monoisotopic (exact) mass is 276 g/mol. The molecule has 0 saturated heterocycles. The van der Waals surface area contributed by atoms with Crippen LogP contribution < -0.4 is 5.32 Å². The van der Waals surface area contributed by atoms with Gasteiger partial charge in [0, 0.05) is 19.6 Å². The number of hydrogen-bond acceptors (Lipinski definition) is 2. The number of carbonyl (C=O) groups excluding carboxylic acids is 1. The molecule has 0 saturated carbocycles. The molecule has 0 aliphatic carbocycles. The van der Waals surface area contributed by atoms with E-state index in [9.17, 15) is 9.59 Å². The van der Waals surface area contributed by atoms with Gasteiger partial charge in [-0.2, -0.15) is 0 Å². The number of urea groups is 1. The van der Waals surface area contributed by atoms with Gasteiger partial charge in [-0.15, -0.1) is 6.58 Å². The van der Waals surface area contributed by atoms with Gasteiger partial charge in [0.05, 0.1) is 5.56 Å². The van der Waals surface area contributed by atoms with Gasteiger partial charge < -0.3 is 15.3 Å². The highest BCUT2D eigenvalue weighted by Crippen LogP contribution is 2.09. The van der Waals surface area contributed by atoms with Crippen LogP contribution in [-0.4, -0.2) is 41.6 Å². The number of nitrogens with zero attached hydrogens (tertiary/aromatic N) is 1. The van der Waals surface area contributed by atoms with Crippen LogP contribution in [0.3, 0.4) is 0 Å². The molecule has 0 aromatic heterocycles. The summed E-state index contributed by atoms with van der Waals surface area (Å²) in [4.78, 5) is 24.5. The molecule has 20 heavy (non-hydrogen) atoms. The minimum absolute atomic E-state index is 0.166. The summed E-state index contributed by atoms with van der Waals surface area (Å²) in [5, 5.41) is 11.8. The lowest BCUT2D eigenvalue weighted by Crippen LogP contribution is -2.40. The van der Waals surface area contributed by atoms with Crippen molar-refractivity contribution >= 4 is 12.0 Å². The Morgan fingerprint density at radius 1 is 1.40 bits per heavy atom. The fourth-order valence-electron chi connectivity index (χ4n) is 1.87. The molecule has 1 aromatic rings. The average molecular weight is 276 g/mol. The van der Waals surface area contributed by atoms with Gasteiger partial charge in [-0.25, -0.2) is 9.59 Å². The number of nitrogens with one attached hydrogen (secondary N) is 1. The second kappa shape index (κ2) is 7.99. The Balaban J connectivity index is 2.54. The summed E-state index contributed by atoms with van der Waals surface area (Å²) in [6.07, 6.45) is 2.16. The number of hydrogen-bond donors (Lipinski definition) is 2. The summed E-state index contributed by atoms with van der Waals surface area (Å²) < 4.78 is 0. The highest BCUT2D eigenvalue weighted by Gasteiger charge is 2.11. The molecule has 2 amide bonds. The van der Waals surface area contributed by atoms with Gasteiger partial charge >= 0.3 is 12.0 Å². The lowest BCUT2D eigenvalue weighted by Gasteiger charge is -2.19. The number of amides is 2. The molecule has 1 rings (SSSR count). The quantitative estimate of drug-likeness (QED) is 0.750. The normalized spacial score (nSPS) is 9.85. The molecule has 108 valence electrons. The van der Waals surface area contributed by atoms with Crippen LogP contribution >= 0.6 is 0 Å². The third kappa shape index (κ3) is 4.42. The van der Waals surface area contributed by atoms with E-state index in [0.717, 1.165) is 0 Å². The SMILES string of the molecule is C=CCN(CC)C(=O)NCCc1ccccc1C(=O)O. The van der Waals surface area contributed by atoms with Gasteiger partial charge in [-0.05, 0) is 25.0 Å². The zero-order valence-electron chi connectivity index (χ0n) is 11.6. The molecule has 0 atom stereocenters. The first kappa shape index (κ1) is 15.8. The van der Waals surface area contributed by atoms with Crippen molar-refractivity contribution < 1.29 is 14.7 Å². The van der Waals surface area contributed by atoms with Crippen molar-refractivity contribution in [2.45, 2.75) is 13.3 Å². The third-order valence-electron chi connectivity index (χ3n) is 2.94. The molecular weight excluding hydrogens is 256 g/mol. The van der Waals surface area contributed by atoms with Crippen LogP contribution in [-0.2, 0) is 6.42 Å². The number of carboxylic acid groups (broad SMARTS) is 1. The molecule has 0 fully saturated rings. The molecule has 0 spiro atoms. The van der Waals surface area contributed by atoms with Crippen LogP contribution in [0.15, 0.2) is 36.9 Å². The maximum atomic E-state index is 11.8. The molecule has 0 aliphatic heterocycles. The maximum Gasteiger partial charge on any atom is 0.335 e. The number of carboxylic acids is 1. The third-order valence-corrected chi connectivity index (χ3v) is 2.94. The van der Waals surface area contributed by atoms with Gasteiger partial charge in [0.1, 0.15) is 0 Å². The minimum atomic E-state index is -0.950. The molecular formula is C15H20N2O3. The van der Waals surface area contributed by atoms with Crippen molar-refractivity contribution in [1.29, 1.82) is 0 Å². The van der Waals surface area contributed by atoms with E-state index in [4.69, 9.17) is 5.11 Å². The van der Waals surface area contributed by atoms with Crippen LogP contribution in [0.1, 0.15) is 22.8 Å². The zero-order chi connectivity index (χ0) is 15.0. The summed E-state index contributed by atoms with van der Waals surface area (Å²) in [6.45, 7) is 6.99. The lowest BCUT2D eigenvalue weighted by molar-refractivity contribution is 0.0695. The highest BCUT2D eigenvalue weighted by atomic mass is 16.4. The summed E-state index contributed by atoms with van der Waals surface area (Å²) in [7, 11) is 0. The Kier molecular flexibility index (Phi) is 6.29. The summed E-state index contributed by atoms with van der Waals surface area (Å²) in [6, 6.07) is 6.64. The number of likely N-dealkylation sites (N-methyl/N-ethyl adjacent to an activating group) is 1. The number of rotatable bonds is 7. The first-order valence-corrected chi connectivity index (χ1v) is 6.55. The Labute approximate surface area is 118 Å². The van der Waals surface area contributed by atoms with Gasteiger partial charge in [-0.3, -0.25) is 0 Å². The van der Waals surface area contributed by atoms with E-state index in [2.05, 4.69) is 11.9 Å². The molecule has 2 N–H and O–H groups in total. The maximum absolute atomic E-state index is 11.8. The summed E-state index contributed by atoms with van der Waals surface area (Å²) in [5.41, 5.74) is 0.993. The van der Waals surface area contributed by atoms with Crippen molar-refractivity contribution in [1.82, 2.24) is 10.2 Å². The zero-order valence-corrected chi connectivity index (χ0v) is 11.6. The first-order valence-electron chi connectivity index (χ1n) is 6.55. The van der Waals surface area contributed by atoms with Crippen LogP contribution in [0, 0.1) is 0 Å². The fraction of sp³-hybridized carbons (Fsp3) is 0.333. The van der Waals surface area contributed by atoms with E-state index >= 15 is 0 Å². The highest BCUT2D eigenvalue weighted by molar-refractivity contribution is 5.89. The number of aromatic carboxylic acids is 1. The smallest absolute Gasteiger partial charge is 0.335 e. The van der Waals surface area contributed by atoms with Crippen LogP contribution in [0.2, 0.25) is 0 Å². The van der Waals surface area contributed by atoms with Crippen molar-refractivity contribution in [3.05, 3.63) is 48.0 Å². The molecule has 0 unspecified atom stereocenters. The van der Waals surface area contributed by atoms with Crippen LogP contribution in [0.4, 0.5) is 4.79 Å². The van der Waals surface area contributed by atoms with E-state index < -0.39 is 5.97 Å². The van der Waals surface area contributed by atoms with Crippen LogP contribution in [0.5, 0.6) is 0 Å². The molecule has 0 aliphatic rings. The van der Waals surface area contributed by atoms with Gasteiger partial charge in [0.15, 0.2) is 0 Å². The van der Waals surface area contributed by atoms with Crippen LogP contribution in [0.25, 0.3) is 0 Å². The number of carbonyl (C=O) groups is 2. The van der Waals surface area contributed by atoms with Gasteiger partial charge in [-0.1, -0.05) is 24.3 Å². The van der Waals surface area contributed by atoms with E-state index in [1.54, 1.807) is 35.2 Å². The largest absolute Gasteiger partial charge is 0.478 e. The predicted octanol–water partition coefficient (Wildman–Crippen LogP) is 2.14. The fourth-order valence-corrected chi connectivity index (χ4v) is 1.87. The van der Waals surface area contributed by atoms with Crippen molar-refractivity contribution in [2.24, 2.45) is 0 Å². The average Bonchev–Trinajstić information content (AvgIpc) is 2.44. The number of benzene rings is 1. The Hall–Kier alpha value is -2.30. The van der Waals surface area contributed by atoms with E-state index in [-0.39, 0.29) is 11.6 Å². The first-order chi connectivity index (χ1) is 9.60. The lowest BCUT2D eigenvalue weighted by atomic mass is 10.0. The Morgan fingerprint density at radius 2 is 2.10 bits per heavy atom. The minimum Gasteiger partial charge on any atom is -0.478 e. The molecule has 0 radical (unpaired) electrons. The molecule has 0 heterocycles. The molecule has 5 nitrogen and oxygen atoms in total. The molecule has 1 aromatic carbocycles. The summed E-state index contributed by atoms with van der Waals surface area (Å²) in [5.74, 6) is -0.950. The summed E-state index contributed by atoms with van der Waals surface area (Å²) >= 11 is 0.